The lowest BCUT2D eigenvalue weighted by Crippen LogP contribution is -2.54. The van der Waals surface area contributed by atoms with Gasteiger partial charge in [-0.1, -0.05) is 80.9 Å². The quantitative estimate of drug-likeness (QED) is 0.0114. The van der Waals surface area contributed by atoms with Crippen LogP contribution in [0, 0.1) is 5.92 Å². The van der Waals surface area contributed by atoms with Gasteiger partial charge in [0.1, 0.15) is 36.9 Å². The van der Waals surface area contributed by atoms with Crippen molar-refractivity contribution in [3.63, 3.8) is 0 Å². The second kappa shape index (κ2) is 34.2. The van der Waals surface area contributed by atoms with E-state index in [4.69, 9.17) is 33.2 Å². The van der Waals surface area contributed by atoms with Crippen LogP contribution in [0.25, 0.3) is 11.1 Å². The van der Waals surface area contributed by atoms with E-state index in [9.17, 15) is 63.0 Å². The molecular formula is C79H93N9O20. The Labute approximate surface area is 625 Å². The zero-order chi connectivity index (χ0) is 77.3. The van der Waals surface area contributed by atoms with Crippen LogP contribution in [0.15, 0.2) is 109 Å². The number of amides is 10. The third kappa shape index (κ3) is 17.6. The maximum Gasteiger partial charge on any atom is 0.417 e. The van der Waals surface area contributed by atoms with Crippen molar-refractivity contribution in [3.05, 3.63) is 137 Å². The number of carbonyl (C=O) groups excluding carboxylic acids is 11. The van der Waals surface area contributed by atoms with Crippen molar-refractivity contribution < 1.29 is 96.1 Å². The normalized spacial score (nSPS) is 18.6. The van der Waals surface area contributed by atoms with Crippen LogP contribution in [0.2, 0.25) is 0 Å². The molecule has 0 bridgehead atoms. The predicted octanol–water partition coefficient (Wildman–Crippen LogP) is 8.00. The molecule has 0 radical (unpaired) electrons. The monoisotopic (exact) mass is 1490 g/mol. The molecule has 29 nitrogen and oxygen atoms in total. The minimum atomic E-state index is -1.55. The van der Waals surface area contributed by atoms with Crippen molar-refractivity contribution in [3.8, 4) is 34.1 Å². The Morgan fingerprint density at radius 3 is 1.66 bits per heavy atom. The molecule has 2 fully saturated rings. The summed E-state index contributed by atoms with van der Waals surface area (Å²) in [6, 6.07) is 22.8. The number of carbonyl (C=O) groups is 11. The Morgan fingerprint density at radius 2 is 1.12 bits per heavy atom. The van der Waals surface area contributed by atoms with E-state index >= 15 is 0 Å². The molecule has 29 heteroatoms. The number of imide groups is 1. The van der Waals surface area contributed by atoms with Crippen LogP contribution in [-0.4, -0.2) is 192 Å². The molecular weight excluding hydrogens is 1390 g/mol. The standard InChI is InChI=1S/C79H93N9O20/c1-45(2)69(83-66(90)31-30-56(82-65(89)25-10-9-15-34-86-67(91)32-33-68(86)92)76(99)106-44-55-51-21-13-11-19-49(51)50-20-12-14-22-52(50)55)71(94)80-46(3)70(93)81-48-28-26-47(27-29-48)43-107-77(100)87-59-41-63(61(102-7)39-53(59)72(95)84-35-16-23-57(84)74(87)97)104-37-18-38-105-64-42-60-54(40-62(64)103-8)73(96)85-36-17-24-58(85)75(98)88(60)78(101)108-79(4,5)6/h11-14,19-22,26-29,32-33,39-42,45-46,55-58,69,74-75,97-98H,9-10,15-18,23-25,30-31,34-38,43-44H2,1-8H3,(H,80,94)(H,81,93)(H,82,89)(H,83,90)/t46-,56-,57-,58-,69-,74-,75-/m0/s1. The molecule has 574 valence electrons. The maximum atomic E-state index is 14.4. The van der Waals surface area contributed by atoms with Gasteiger partial charge in [0.2, 0.25) is 23.6 Å². The molecule has 6 aliphatic rings. The molecule has 11 rings (SSSR count). The van der Waals surface area contributed by atoms with Crippen LogP contribution in [0.5, 0.6) is 23.0 Å². The summed E-state index contributed by atoms with van der Waals surface area (Å²) >= 11 is 0. The Kier molecular flexibility index (Phi) is 24.7. The average Bonchev–Trinajstić information content (AvgIpc) is 1.60. The number of hydrogen-bond donors (Lipinski definition) is 6. The summed E-state index contributed by atoms with van der Waals surface area (Å²) in [5.41, 5.74) is 4.12. The van der Waals surface area contributed by atoms with Gasteiger partial charge in [-0.25, -0.2) is 24.2 Å². The lowest BCUT2D eigenvalue weighted by molar-refractivity contribution is -0.148. The van der Waals surface area contributed by atoms with Crippen molar-refractivity contribution in [2.45, 2.75) is 173 Å². The number of aliphatic hydroxyl groups excluding tert-OH is 2. The Hall–Kier alpha value is -11.1. The number of hydrogen-bond acceptors (Lipinski definition) is 20. The van der Waals surface area contributed by atoms with Gasteiger partial charge in [-0.05, 0) is 131 Å². The molecule has 10 amide bonds. The third-order valence-electron chi connectivity index (χ3n) is 19.9. The number of unbranched alkanes of at least 4 members (excludes halogenated alkanes) is 2. The number of ether oxygens (including phenoxy) is 7. The lowest BCUT2D eigenvalue weighted by atomic mass is 9.98. The van der Waals surface area contributed by atoms with Crippen molar-refractivity contribution in [1.82, 2.24) is 30.7 Å². The molecule has 108 heavy (non-hydrogen) atoms. The Bertz CT molecular complexity index is 4230. The number of benzene rings is 5. The van der Waals surface area contributed by atoms with Gasteiger partial charge in [0, 0.05) is 74.8 Å². The minimum Gasteiger partial charge on any atom is -0.493 e. The smallest absolute Gasteiger partial charge is 0.417 e. The summed E-state index contributed by atoms with van der Waals surface area (Å²) in [4.78, 5) is 155. The van der Waals surface area contributed by atoms with Crippen LogP contribution >= 0.6 is 0 Å². The van der Waals surface area contributed by atoms with Crippen LogP contribution in [-0.2, 0) is 54.4 Å². The van der Waals surface area contributed by atoms with Gasteiger partial charge in [-0.2, -0.15) is 0 Å². The van der Waals surface area contributed by atoms with E-state index in [1.54, 1.807) is 63.8 Å². The SMILES string of the molecule is COc1cc2c(cc1OCCCOc1cc3c(cc1OC)C(=O)N1CCC[C@H]1[C@H](O)N3C(=O)OC(C)(C)C)N(C(=O)OCc1ccc(NC(=O)[C@H](C)NC(=O)[C@@H](NC(=O)CC[C@H](NC(=O)CCCCCN3C(=O)C=CC3=O)C(=O)OCC3c4ccccc4-c4ccccc43)C(C)C)cc1)[C@@H](O)[C@@H]1CCCN1C2=O. The van der Waals surface area contributed by atoms with Crippen LogP contribution < -0.4 is 50.0 Å². The van der Waals surface area contributed by atoms with Gasteiger partial charge in [0.15, 0.2) is 35.5 Å². The molecule has 6 N–H and O–H groups in total. The molecule has 7 atom stereocenters. The Balaban J connectivity index is 0.680. The number of methoxy groups -OCH3 is 2. The molecule has 5 aromatic rings. The molecule has 5 aliphatic heterocycles. The van der Waals surface area contributed by atoms with Crippen molar-refractivity contribution in [2.24, 2.45) is 5.92 Å². The van der Waals surface area contributed by atoms with E-state index in [1.165, 1.54) is 62.5 Å². The summed E-state index contributed by atoms with van der Waals surface area (Å²) < 4.78 is 41.3. The van der Waals surface area contributed by atoms with Crippen molar-refractivity contribution in [1.29, 1.82) is 0 Å². The summed E-state index contributed by atoms with van der Waals surface area (Å²) in [6.45, 7) is 10.5. The van der Waals surface area contributed by atoms with E-state index in [-0.39, 0.29) is 116 Å². The van der Waals surface area contributed by atoms with Gasteiger partial charge in [-0.3, -0.25) is 43.3 Å². The summed E-state index contributed by atoms with van der Waals surface area (Å²) in [6.07, 6.45) is 0.786. The molecule has 5 heterocycles. The number of esters is 1. The molecule has 1 aliphatic carbocycles. The van der Waals surface area contributed by atoms with E-state index < -0.39 is 114 Å². The second-order valence-electron chi connectivity index (χ2n) is 28.8. The highest BCUT2D eigenvalue weighted by molar-refractivity contribution is 6.13. The first-order chi connectivity index (χ1) is 51.7. The number of anilines is 3. The maximum absolute atomic E-state index is 14.4. The minimum absolute atomic E-state index is 0.00462. The zero-order valence-electron chi connectivity index (χ0n) is 61.8. The zero-order valence-corrected chi connectivity index (χ0v) is 61.8. The number of aliphatic hydroxyl groups is 2. The number of rotatable bonds is 29. The fraction of sp³-hybridized carbons (Fsp3) is 0.456. The fourth-order valence-corrected chi connectivity index (χ4v) is 14.4. The van der Waals surface area contributed by atoms with E-state index in [1.807, 2.05) is 48.5 Å². The van der Waals surface area contributed by atoms with E-state index in [0.29, 0.717) is 69.3 Å². The molecule has 5 aromatic carbocycles. The first-order valence-corrected chi connectivity index (χ1v) is 36.6. The second-order valence-corrected chi connectivity index (χ2v) is 28.8. The van der Waals surface area contributed by atoms with Gasteiger partial charge in [0.05, 0.1) is 62.0 Å². The Morgan fingerprint density at radius 1 is 0.583 bits per heavy atom. The number of nitrogens with one attached hydrogen (secondary N) is 4. The molecule has 0 saturated carbocycles. The first-order valence-electron chi connectivity index (χ1n) is 36.6. The highest BCUT2D eigenvalue weighted by atomic mass is 16.6. The van der Waals surface area contributed by atoms with E-state index in [0.717, 1.165) is 37.0 Å². The molecule has 0 spiro atoms. The largest absolute Gasteiger partial charge is 0.493 e. The van der Waals surface area contributed by atoms with Crippen LogP contribution in [0.3, 0.4) is 0 Å². The van der Waals surface area contributed by atoms with E-state index in [2.05, 4.69) is 21.3 Å². The topological polar surface area (TPSA) is 357 Å². The highest BCUT2D eigenvalue weighted by Crippen LogP contribution is 2.46. The average molecular weight is 1490 g/mol. The predicted molar refractivity (Wildman–Crippen MR) is 393 cm³/mol. The van der Waals surface area contributed by atoms with Gasteiger partial charge in [0.25, 0.3) is 23.6 Å². The summed E-state index contributed by atoms with van der Waals surface area (Å²) in [7, 11) is 2.80. The lowest BCUT2D eigenvalue weighted by Gasteiger charge is -2.33. The van der Waals surface area contributed by atoms with Gasteiger partial charge in [-0.15, -0.1) is 0 Å². The van der Waals surface area contributed by atoms with Crippen molar-refractivity contribution in [2.75, 3.05) is 68.8 Å². The van der Waals surface area contributed by atoms with Gasteiger partial charge >= 0.3 is 18.2 Å². The van der Waals surface area contributed by atoms with Crippen molar-refractivity contribution >= 4 is 82.5 Å². The third-order valence-corrected chi connectivity index (χ3v) is 19.9. The first kappa shape index (κ1) is 78.0. The highest BCUT2D eigenvalue weighted by Gasteiger charge is 2.48. The summed E-state index contributed by atoms with van der Waals surface area (Å²) in [5.74, 6) is -4.85. The summed E-state index contributed by atoms with van der Waals surface area (Å²) in [5, 5.41) is 34.6. The number of nitrogens with zero attached hydrogens (tertiary/aromatic N) is 5. The van der Waals surface area contributed by atoms with Crippen LogP contribution in [0.4, 0.5) is 26.7 Å². The molecule has 0 aromatic heterocycles. The van der Waals surface area contributed by atoms with Gasteiger partial charge < -0.3 is 74.4 Å². The fourth-order valence-electron chi connectivity index (χ4n) is 14.4. The molecule has 2 saturated heterocycles. The number of fused-ring (bicyclic) bond motifs is 7. The molecule has 0 unspecified atom stereocenters. The van der Waals surface area contributed by atoms with Crippen LogP contribution in [0.1, 0.15) is 155 Å².